The fourth-order valence-electron chi connectivity index (χ4n) is 2.20. The van der Waals surface area contributed by atoms with Gasteiger partial charge in [-0.05, 0) is 76.6 Å². The minimum absolute atomic E-state index is 0.249. The summed E-state index contributed by atoms with van der Waals surface area (Å²) < 4.78 is 11.8. The zero-order valence-electron chi connectivity index (χ0n) is 14.2. The van der Waals surface area contributed by atoms with Crippen LogP contribution in [0.25, 0.3) is 10.8 Å². The van der Waals surface area contributed by atoms with E-state index >= 15 is 0 Å². The zero-order chi connectivity index (χ0) is 16.5. The molecule has 0 bridgehead atoms. The van der Waals surface area contributed by atoms with Crippen LogP contribution < -0.4 is 9.47 Å². The molecule has 0 spiro atoms. The Kier molecular flexibility index (Phi) is 4.19. The summed E-state index contributed by atoms with van der Waals surface area (Å²) in [7, 11) is 0. The third-order valence-electron chi connectivity index (χ3n) is 2.91. The summed E-state index contributed by atoms with van der Waals surface area (Å²) in [6, 6.07) is 9.62. The van der Waals surface area contributed by atoms with Crippen LogP contribution in [-0.2, 0) is 0 Å². The maximum Gasteiger partial charge on any atom is 0.153 e. The molecule has 0 fully saturated rings. The number of aldehydes is 1. The van der Waals surface area contributed by atoms with Crippen LogP contribution in [0, 0.1) is 0 Å². The Morgan fingerprint density at radius 3 is 2.00 bits per heavy atom. The predicted molar refractivity (Wildman–Crippen MR) is 90.1 cm³/mol. The maximum atomic E-state index is 11.3. The van der Waals surface area contributed by atoms with E-state index < -0.39 is 0 Å². The molecule has 118 valence electrons. The van der Waals surface area contributed by atoms with Crippen molar-refractivity contribution in [3.05, 3.63) is 35.9 Å². The van der Waals surface area contributed by atoms with Crippen LogP contribution >= 0.6 is 0 Å². The van der Waals surface area contributed by atoms with Crippen molar-refractivity contribution >= 4 is 17.1 Å². The van der Waals surface area contributed by atoms with Crippen molar-refractivity contribution < 1.29 is 14.3 Å². The Morgan fingerprint density at radius 2 is 1.45 bits per heavy atom. The van der Waals surface area contributed by atoms with Gasteiger partial charge in [0.25, 0.3) is 0 Å². The van der Waals surface area contributed by atoms with Gasteiger partial charge in [0, 0.05) is 0 Å². The van der Waals surface area contributed by atoms with E-state index in [2.05, 4.69) is 0 Å². The van der Waals surface area contributed by atoms with E-state index in [9.17, 15) is 4.79 Å². The molecule has 2 rings (SSSR count). The van der Waals surface area contributed by atoms with Crippen LogP contribution in [0.1, 0.15) is 51.9 Å². The Labute approximate surface area is 132 Å². The van der Waals surface area contributed by atoms with Gasteiger partial charge in [0.05, 0.1) is 5.56 Å². The van der Waals surface area contributed by atoms with Crippen molar-refractivity contribution in [3.63, 3.8) is 0 Å². The highest BCUT2D eigenvalue weighted by Crippen LogP contribution is 2.31. The third-order valence-corrected chi connectivity index (χ3v) is 2.91. The number of fused-ring (bicyclic) bond motifs is 1. The first-order valence-corrected chi connectivity index (χ1v) is 7.48. The van der Waals surface area contributed by atoms with Crippen LogP contribution in [0.15, 0.2) is 30.3 Å². The number of carbonyl (C=O) groups is 1. The van der Waals surface area contributed by atoms with E-state index in [1.807, 2.05) is 71.9 Å². The first-order valence-electron chi connectivity index (χ1n) is 7.48. The molecule has 0 saturated carbocycles. The largest absolute Gasteiger partial charge is 0.488 e. The number of rotatable bonds is 3. The van der Waals surface area contributed by atoms with E-state index in [0.717, 1.165) is 22.8 Å². The van der Waals surface area contributed by atoms with Crippen LogP contribution in [0.3, 0.4) is 0 Å². The van der Waals surface area contributed by atoms with Gasteiger partial charge in [-0.15, -0.1) is 0 Å². The summed E-state index contributed by atoms with van der Waals surface area (Å²) in [6.07, 6.45) is 0.833. The van der Waals surface area contributed by atoms with Gasteiger partial charge in [-0.3, -0.25) is 4.79 Å². The second kappa shape index (κ2) is 5.64. The lowest BCUT2D eigenvalue weighted by molar-refractivity contribution is 0.109. The summed E-state index contributed by atoms with van der Waals surface area (Å²) in [4.78, 5) is 11.3. The molecular weight excluding hydrogens is 276 g/mol. The average molecular weight is 300 g/mol. The van der Waals surface area contributed by atoms with Crippen LogP contribution in [-0.4, -0.2) is 17.5 Å². The SMILES string of the molecule is CC(C)(C)Oc1ccc2cc(C=O)c(OC(C)(C)C)cc2c1. The summed E-state index contributed by atoms with van der Waals surface area (Å²) in [5.41, 5.74) is -0.0431. The van der Waals surface area contributed by atoms with Gasteiger partial charge in [-0.25, -0.2) is 0 Å². The monoisotopic (exact) mass is 300 g/mol. The zero-order valence-corrected chi connectivity index (χ0v) is 14.2. The Morgan fingerprint density at radius 1 is 0.818 bits per heavy atom. The second-order valence-corrected chi connectivity index (χ2v) is 7.45. The summed E-state index contributed by atoms with van der Waals surface area (Å²) in [6.45, 7) is 11.9. The first-order chi connectivity index (χ1) is 10.1. The summed E-state index contributed by atoms with van der Waals surface area (Å²) >= 11 is 0. The van der Waals surface area contributed by atoms with Gasteiger partial charge >= 0.3 is 0 Å². The van der Waals surface area contributed by atoms with Crippen molar-refractivity contribution in [2.75, 3.05) is 0 Å². The van der Waals surface area contributed by atoms with Crippen LogP contribution in [0.4, 0.5) is 0 Å². The second-order valence-electron chi connectivity index (χ2n) is 7.45. The first kappa shape index (κ1) is 16.3. The highest BCUT2D eigenvalue weighted by molar-refractivity contribution is 5.93. The molecule has 0 heterocycles. The molecule has 3 nitrogen and oxygen atoms in total. The molecule has 0 N–H and O–H groups in total. The van der Waals surface area contributed by atoms with Crippen molar-refractivity contribution in [1.29, 1.82) is 0 Å². The quantitative estimate of drug-likeness (QED) is 0.748. The molecule has 0 aromatic heterocycles. The minimum atomic E-state index is -0.356. The molecule has 2 aromatic carbocycles. The predicted octanol–water partition coefficient (Wildman–Crippen LogP) is 5.01. The Bertz CT molecular complexity index is 688. The molecule has 22 heavy (non-hydrogen) atoms. The molecule has 0 saturated heterocycles. The lowest BCUT2D eigenvalue weighted by atomic mass is 10.0. The van der Waals surface area contributed by atoms with Crippen molar-refractivity contribution in [2.45, 2.75) is 52.7 Å². The summed E-state index contributed by atoms with van der Waals surface area (Å²) in [5.74, 6) is 1.41. The standard InChI is InChI=1S/C19H24O3/c1-18(2,3)21-16-8-7-13-9-15(12-20)17(11-14(13)10-16)22-19(4,5)6/h7-12H,1-6H3. The van der Waals surface area contributed by atoms with Gasteiger partial charge in [-0.1, -0.05) is 6.07 Å². The molecule has 3 heteroatoms. The van der Waals surface area contributed by atoms with Crippen LogP contribution in [0.2, 0.25) is 0 Å². The molecule has 0 amide bonds. The number of carbonyl (C=O) groups excluding carboxylic acids is 1. The average Bonchev–Trinajstić information content (AvgIpc) is 2.34. The summed E-state index contributed by atoms with van der Waals surface area (Å²) in [5, 5.41) is 1.98. The van der Waals surface area contributed by atoms with Gasteiger partial charge in [-0.2, -0.15) is 0 Å². The molecule has 0 radical (unpaired) electrons. The maximum absolute atomic E-state index is 11.3. The Balaban J connectivity index is 2.49. The normalized spacial score (nSPS) is 12.3. The van der Waals surface area contributed by atoms with Crippen molar-refractivity contribution in [1.82, 2.24) is 0 Å². The molecule has 0 atom stereocenters. The molecule has 2 aromatic rings. The lowest BCUT2D eigenvalue weighted by Gasteiger charge is -2.23. The third kappa shape index (κ3) is 4.23. The van der Waals surface area contributed by atoms with E-state index in [-0.39, 0.29) is 11.2 Å². The van der Waals surface area contributed by atoms with E-state index in [0.29, 0.717) is 11.3 Å². The van der Waals surface area contributed by atoms with Crippen molar-refractivity contribution in [2.24, 2.45) is 0 Å². The molecular formula is C19H24O3. The smallest absolute Gasteiger partial charge is 0.153 e. The highest BCUT2D eigenvalue weighted by atomic mass is 16.5. The topological polar surface area (TPSA) is 35.5 Å². The van der Waals surface area contributed by atoms with Gasteiger partial charge in [0.2, 0.25) is 0 Å². The van der Waals surface area contributed by atoms with Crippen molar-refractivity contribution in [3.8, 4) is 11.5 Å². The Hall–Kier alpha value is -2.03. The number of hydrogen-bond acceptors (Lipinski definition) is 3. The number of hydrogen-bond donors (Lipinski definition) is 0. The van der Waals surface area contributed by atoms with E-state index in [1.54, 1.807) is 0 Å². The van der Waals surface area contributed by atoms with Gasteiger partial charge in [0.1, 0.15) is 22.7 Å². The number of benzene rings is 2. The van der Waals surface area contributed by atoms with E-state index in [1.165, 1.54) is 0 Å². The fraction of sp³-hybridized carbons (Fsp3) is 0.421. The molecule has 0 aliphatic rings. The molecule has 0 aliphatic heterocycles. The number of ether oxygens (including phenoxy) is 2. The lowest BCUT2D eigenvalue weighted by Crippen LogP contribution is -2.23. The van der Waals surface area contributed by atoms with E-state index in [4.69, 9.17) is 9.47 Å². The minimum Gasteiger partial charge on any atom is -0.488 e. The molecule has 0 unspecified atom stereocenters. The van der Waals surface area contributed by atoms with Crippen LogP contribution in [0.5, 0.6) is 11.5 Å². The van der Waals surface area contributed by atoms with Gasteiger partial charge < -0.3 is 9.47 Å². The van der Waals surface area contributed by atoms with Gasteiger partial charge in [0.15, 0.2) is 6.29 Å². The highest BCUT2D eigenvalue weighted by Gasteiger charge is 2.16. The molecule has 0 aliphatic carbocycles. The fourth-order valence-corrected chi connectivity index (χ4v) is 2.20.